The van der Waals surface area contributed by atoms with Crippen molar-refractivity contribution < 1.29 is 14.3 Å². The van der Waals surface area contributed by atoms with E-state index < -0.39 is 11.7 Å². The second kappa shape index (κ2) is 11.0. The van der Waals surface area contributed by atoms with Gasteiger partial charge in [-0.1, -0.05) is 6.07 Å². The van der Waals surface area contributed by atoms with Gasteiger partial charge in [-0.05, 0) is 102 Å². The average molecular weight is 560 g/mol. The number of carbonyl (C=O) groups is 1. The van der Waals surface area contributed by atoms with E-state index in [0.717, 1.165) is 55.5 Å². The van der Waals surface area contributed by atoms with Gasteiger partial charge in [0, 0.05) is 30.0 Å². The molecule has 0 atom stereocenters. The largest absolute Gasteiger partial charge is 0.393 e. The molecular formula is C31H38FN7O2. The third-order valence-corrected chi connectivity index (χ3v) is 8.98. The molecule has 0 spiro atoms. The molecule has 0 bridgehead atoms. The number of aryl methyl sites for hydroxylation is 2. The molecule has 2 N–H and O–H groups in total. The molecule has 2 fully saturated rings. The zero-order valence-electron chi connectivity index (χ0n) is 24.2. The molecule has 4 heterocycles. The second-order valence-electron chi connectivity index (χ2n) is 11.8. The van der Waals surface area contributed by atoms with Crippen LogP contribution < -0.4 is 5.32 Å². The number of hydrogen-bond acceptors (Lipinski definition) is 6. The number of halogens is 1. The van der Waals surface area contributed by atoms with E-state index in [-0.39, 0.29) is 23.4 Å². The summed E-state index contributed by atoms with van der Waals surface area (Å²) in [6, 6.07) is 7.99. The third-order valence-electron chi connectivity index (χ3n) is 8.98. The number of benzene rings is 1. The molecule has 3 aromatic heterocycles. The molecule has 1 saturated carbocycles. The number of hydrogen-bond donors (Lipinski definition) is 2. The van der Waals surface area contributed by atoms with Gasteiger partial charge in [0.25, 0.3) is 5.91 Å². The summed E-state index contributed by atoms with van der Waals surface area (Å²) in [5.41, 5.74) is 4.90. The summed E-state index contributed by atoms with van der Waals surface area (Å²) in [4.78, 5) is 25.3. The van der Waals surface area contributed by atoms with Crippen LogP contribution in [0.2, 0.25) is 0 Å². The Morgan fingerprint density at radius 3 is 2.44 bits per heavy atom. The van der Waals surface area contributed by atoms with Gasteiger partial charge >= 0.3 is 0 Å². The number of anilines is 1. The summed E-state index contributed by atoms with van der Waals surface area (Å²) in [6.07, 6.45) is 6.41. The molecule has 0 radical (unpaired) electrons. The van der Waals surface area contributed by atoms with Crippen LogP contribution >= 0.6 is 0 Å². The number of rotatable bonds is 5. The van der Waals surface area contributed by atoms with Crippen LogP contribution in [-0.2, 0) is 7.05 Å². The van der Waals surface area contributed by atoms with Gasteiger partial charge in [-0.25, -0.2) is 14.4 Å². The van der Waals surface area contributed by atoms with Crippen LogP contribution in [0.3, 0.4) is 0 Å². The van der Waals surface area contributed by atoms with Gasteiger partial charge in [-0.3, -0.25) is 14.8 Å². The molecule has 1 aliphatic heterocycles. The predicted molar refractivity (Wildman–Crippen MR) is 157 cm³/mol. The Bertz CT molecular complexity index is 1590. The van der Waals surface area contributed by atoms with Crippen molar-refractivity contribution in [2.24, 2.45) is 7.05 Å². The maximum absolute atomic E-state index is 15.9. The number of aromatic nitrogens is 5. The highest BCUT2D eigenvalue weighted by Gasteiger charge is 2.28. The Balaban J connectivity index is 1.37. The van der Waals surface area contributed by atoms with Gasteiger partial charge in [0.05, 0.1) is 28.9 Å². The maximum atomic E-state index is 15.9. The molecule has 216 valence electrons. The number of fused-ring (bicyclic) bond motifs is 1. The number of aliphatic hydroxyl groups is 1. The number of carbonyl (C=O) groups excluding carboxylic acids is 1. The van der Waals surface area contributed by atoms with Gasteiger partial charge < -0.3 is 14.6 Å². The van der Waals surface area contributed by atoms with Crippen molar-refractivity contribution in [3.05, 3.63) is 58.8 Å². The number of piperidine rings is 1. The van der Waals surface area contributed by atoms with Crippen LogP contribution in [0.5, 0.6) is 0 Å². The van der Waals surface area contributed by atoms with Gasteiger partial charge in [0.2, 0.25) is 5.95 Å². The molecule has 1 saturated heterocycles. The minimum Gasteiger partial charge on any atom is -0.393 e. The standard InChI is InChI=1S/C31H38FN7O2/c1-18-15-24(28(32)29(34-18)25-17-33-38(4)19(25)2)30(41)36-31-35-26-16-21(20-11-13-37(3)14-12-20)5-10-27(26)39(31)22-6-8-23(40)9-7-22/h5,10,15-17,20,22-23,40H,6-9,11-14H2,1-4H3,(H,35,36,41)/t22-,23+. The minimum absolute atomic E-state index is 0.0745. The number of likely N-dealkylation sites (tertiary alicyclic amines) is 1. The lowest BCUT2D eigenvalue weighted by molar-refractivity contribution is 0.101. The first-order chi connectivity index (χ1) is 19.7. The number of pyridine rings is 1. The number of imidazole rings is 1. The molecule has 0 unspecified atom stereocenters. The van der Waals surface area contributed by atoms with Crippen molar-refractivity contribution in [3.8, 4) is 11.3 Å². The lowest BCUT2D eigenvalue weighted by Gasteiger charge is -2.29. The molecule has 4 aromatic rings. The Morgan fingerprint density at radius 1 is 1.02 bits per heavy atom. The molecule has 2 aliphatic rings. The summed E-state index contributed by atoms with van der Waals surface area (Å²) < 4.78 is 19.6. The summed E-state index contributed by atoms with van der Waals surface area (Å²) in [5, 5.41) is 17.3. The molecule has 1 amide bonds. The molecule has 9 nitrogen and oxygen atoms in total. The van der Waals surface area contributed by atoms with Crippen LogP contribution in [0.1, 0.15) is 77.8 Å². The molecule has 10 heteroatoms. The second-order valence-corrected chi connectivity index (χ2v) is 11.8. The Hall–Kier alpha value is -3.63. The molecular weight excluding hydrogens is 521 g/mol. The van der Waals surface area contributed by atoms with Gasteiger partial charge in [-0.2, -0.15) is 5.10 Å². The average Bonchev–Trinajstić information content (AvgIpc) is 3.48. The summed E-state index contributed by atoms with van der Waals surface area (Å²) in [6.45, 7) is 5.73. The van der Waals surface area contributed by atoms with E-state index >= 15 is 4.39 Å². The van der Waals surface area contributed by atoms with Gasteiger partial charge in [-0.15, -0.1) is 0 Å². The lowest BCUT2D eigenvalue weighted by Crippen LogP contribution is -2.29. The van der Waals surface area contributed by atoms with Crippen molar-refractivity contribution >= 4 is 22.9 Å². The first-order valence-corrected chi connectivity index (χ1v) is 14.6. The van der Waals surface area contributed by atoms with Gasteiger partial charge in [0.1, 0.15) is 5.69 Å². The summed E-state index contributed by atoms with van der Waals surface area (Å²) in [5.74, 6) is -0.373. The normalized spacial score (nSPS) is 20.5. The summed E-state index contributed by atoms with van der Waals surface area (Å²) in [7, 11) is 3.94. The van der Waals surface area contributed by atoms with E-state index in [1.54, 1.807) is 24.9 Å². The SMILES string of the molecule is Cc1cc(C(=O)Nc2nc3cc(C4CCN(C)CC4)ccc3n2[C@H]2CC[C@@H](O)CC2)c(F)c(-c2cnn(C)c2C)n1. The van der Waals surface area contributed by atoms with Crippen LogP contribution in [-0.4, -0.2) is 66.5 Å². The van der Waals surface area contributed by atoms with E-state index in [2.05, 4.69) is 50.1 Å². The molecule has 41 heavy (non-hydrogen) atoms. The van der Waals surface area contributed by atoms with Crippen LogP contribution in [0.25, 0.3) is 22.3 Å². The van der Waals surface area contributed by atoms with E-state index in [4.69, 9.17) is 4.98 Å². The van der Waals surface area contributed by atoms with Crippen LogP contribution in [0.15, 0.2) is 30.5 Å². The minimum atomic E-state index is -0.683. The quantitative estimate of drug-likeness (QED) is 0.352. The Kier molecular flexibility index (Phi) is 7.37. The van der Waals surface area contributed by atoms with E-state index in [0.29, 0.717) is 36.0 Å². The molecule has 1 aromatic carbocycles. The highest BCUT2D eigenvalue weighted by Crippen LogP contribution is 2.37. The van der Waals surface area contributed by atoms with E-state index in [1.165, 1.54) is 11.6 Å². The van der Waals surface area contributed by atoms with Crippen molar-refractivity contribution in [1.82, 2.24) is 29.2 Å². The Labute approximate surface area is 239 Å². The maximum Gasteiger partial charge on any atom is 0.261 e. The highest BCUT2D eigenvalue weighted by molar-refractivity contribution is 6.05. The number of nitrogens with one attached hydrogen (secondary N) is 1. The van der Waals surface area contributed by atoms with Crippen molar-refractivity contribution in [2.45, 2.75) is 70.4 Å². The van der Waals surface area contributed by atoms with E-state index in [9.17, 15) is 9.90 Å². The highest BCUT2D eigenvalue weighted by atomic mass is 19.1. The monoisotopic (exact) mass is 559 g/mol. The molecule has 6 rings (SSSR count). The fourth-order valence-electron chi connectivity index (χ4n) is 6.39. The fraction of sp³-hybridized carbons (Fsp3) is 0.484. The first kappa shape index (κ1) is 27.5. The lowest BCUT2D eigenvalue weighted by atomic mass is 9.89. The van der Waals surface area contributed by atoms with Crippen molar-refractivity contribution in [1.29, 1.82) is 0 Å². The predicted octanol–water partition coefficient (Wildman–Crippen LogP) is 5.13. The number of amides is 1. The first-order valence-electron chi connectivity index (χ1n) is 14.6. The van der Waals surface area contributed by atoms with Crippen molar-refractivity contribution in [3.63, 3.8) is 0 Å². The number of aliphatic hydroxyl groups excluding tert-OH is 1. The Morgan fingerprint density at radius 2 is 1.76 bits per heavy atom. The topological polar surface area (TPSA) is 101 Å². The van der Waals surface area contributed by atoms with Crippen LogP contribution in [0, 0.1) is 19.7 Å². The zero-order chi connectivity index (χ0) is 28.8. The third kappa shape index (κ3) is 5.26. The number of nitrogens with zero attached hydrogens (tertiary/aromatic N) is 6. The molecule has 1 aliphatic carbocycles. The zero-order valence-corrected chi connectivity index (χ0v) is 24.2. The van der Waals surface area contributed by atoms with E-state index in [1.807, 2.05) is 6.92 Å². The smallest absolute Gasteiger partial charge is 0.261 e. The summed E-state index contributed by atoms with van der Waals surface area (Å²) >= 11 is 0. The van der Waals surface area contributed by atoms with Crippen molar-refractivity contribution in [2.75, 3.05) is 25.5 Å². The fourth-order valence-corrected chi connectivity index (χ4v) is 6.39. The van der Waals surface area contributed by atoms with Gasteiger partial charge in [0.15, 0.2) is 5.82 Å². The van der Waals surface area contributed by atoms with Crippen LogP contribution in [0.4, 0.5) is 10.3 Å².